The Morgan fingerprint density at radius 3 is 1.32 bits per heavy atom. The lowest BCUT2D eigenvalue weighted by Crippen LogP contribution is -2.47. The molecule has 3 atom stereocenters. The van der Waals surface area contributed by atoms with Gasteiger partial charge in [0, 0.05) is 12.8 Å². The molecule has 0 aliphatic rings. The average molecular weight is 1150 g/mol. The maximum absolute atomic E-state index is 13.5. The molecule has 1 amide bonds. The summed E-state index contributed by atoms with van der Waals surface area (Å²) in [6.45, 7) is 6.58. The van der Waals surface area contributed by atoms with Gasteiger partial charge in [0.15, 0.2) is 0 Å². The fourth-order valence-corrected chi connectivity index (χ4v) is 9.66. The van der Waals surface area contributed by atoms with Crippen molar-refractivity contribution in [3.8, 4) is 0 Å². The average Bonchev–Trinajstić information content (AvgIpc) is 3.44. The first-order valence-electron chi connectivity index (χ1n) is 32.9. The molecule has 0 fully saturated rings. The van der Waals surface area contributed by atoms with E-state index >= 15 is 0 Å². The predicted molar refractivity (Wildman–Crippen MR) is 348 cm³/mol. The number of nitrogens with one attached hydrogen (secondary N) is 1. The van der Waals surface area contributed by atoms with Crippen molar-refractivity contribution < 1.29 is 37.3 Å². The van der Waals surface area contributed by atoms with Crippen LogP contribution in [0.15, 0.2) is 122 Å². The second kappa shape index (κ2) is 59.6. The van der Waals surface area contributed by atoms with Gasteiger partial charge in [-0.1, -0.05) is 271 Å². The number of carbonyl (C=O) groups excluding carboxylic acids is 2. The van der Waals surface area contributed by atoms with Crippen molar-refractivity contribution in [2.24, 2.45) is 0 Å². The molecule has 464 valence electrons. The number of likely N-dealkylation sites (N-methyl/N-ethyl adjacent to an activating group) is 1. The minimum absolute atomic E-state index is 0.0322. The molecule has 0 aliphatic heterocycles. The topological polar surface area (TPSA) is 114 Å². The highest BCUT2D eigenvalue weighted by atomic mass is 31.2. The number of phosphoric ester groups is 1. The second-order valence-corrected chi connectivity index (χ2v) is 24.3. The van der Waals surface area contributed by atoms with Gasteiger partial charge < -0.3 is 28.5 Å². The Morgan fingerprint density at radius 1 is 0.457 bits per heavy atom. The van der Waals surface area contributed by atoms with E-state index in [1.54, 1.807) is 0 Å². The number of hydrogen-bond donors (Lipinski definition) is 1. The zero-order valence-electron chi connectivity index (χ0n) is 52.9. The minimum Gasteiger partial charge on any atom is -0.756 e. The molecular formula is C71H123N2O7P. The summed E-state index contributed by atoms with van der Waals surface area (Å²) in [5.74, 6) is -0.569. The highest BCUT2D eigenvalue weighted by Crippen LogP contribution is 2.38. The molecule has 3 unspecified atom stereocenters. The van der Waals surface area contributed by atoms with Crippen LogP contribution in [-0.2, 0) is 27.9 Å². The fraction of sp³-hybridized carbons (Fsp3) is 0.690. The van der Waals surface area contributed by atoms with Gasteiger partial charge in [-0.3, -0.25) is 14.2 Å². The van der Waals surface area contributed by atoms with E-state index < -0.39 is 26.6 Å². The SMILES string of the molecule is CC/C=C\C/C=C\C/C=C\C/C=C\C/C=C\C/C=C\CCCCCCCCCCC(=O)OC(/C=C\CCCCCCCCCCCCC)C(COP(=O)([O-])OCC[N+](C)(C)C)NC(=O)CCCCCCCCC/C=C/C=C/C=C/CC. The van der Waals surface area contributed by atoms with Gasteiger partial charge in [-0.2, -0.15) is 0 Å². The van der Waals surface area contributed by atoms with Crippen molar-refractivity contribution in [1.82, 2.24) is 5.32 Å². The van der Waals surface area contributed by atoms with Crippen molar-refractivity contribution in [1.29, 1.82) is 0 Å². The van der Waals surface area contributed by atoms with Gasteiger partial charge in [0.25, 0.3) is 7.82 Å². The summed E-state index contributed by atoms with van der Waals surface area (Å²) in [6.07, 6.45) is 83.1. The smallest absolute Gasteiger partial charge is 0.306 e. The first-order chi connectivity index (χ1) is 39.4. The van der Waals surface area contributed by atoms with Crippen LogP contribution in [0.2, 0.25) is 0 Å². The fourth-order valence-electron chi connectivity index (χ4n) is 8.94. The Hall–Kier alpha value is -3.59. The number of amides is 1. The first kappa shape index (κ1) is 77.4. The number of quaternary nitrogens is 1. The summed E-state index contributed by atoms with van der Waals surface area (Å²) < 4.78 is 30.4. The van der Waals surface area contributed by atoms with Crippen LogP contribution in [0.4, 0.5) is 0 Å². The quantitative estimate of drug-likeness (QED) is 0.0161. The van der Waals surface area contributed by atoms with Crippen LogP contribution in [-0.4, -0.2) is 69.4 Å². The molecular weight excluding hydrogens is 1020 g/mol. The van der Waals surface area contributed by atoms with Crippen molar-refractivity contribution in [2.75, 3.05) is 40.9 Å². The molecule has 0 aliphatic carbocycles. The van der Waals surface area contributed by atoms with E-state index in [1.807, 2.05) is 33.3 Å². The number of unbranched alkanes of at least 4 members (excludes halogenated alkanes) is 26. The number of carbonyl (C=O) groups is 2. The molecule has 0 bridgehead atoms. The highest BCUT2D eigenvalue weighted by molar-refractivity contribution is 7.45. The number of ether oxygens (including phenoxy) is 1. The van der Waals surface area contributed by atoms with Gasteiger partial charge >= 0.3 is 5.97 Å². The molecule has 0 saturated heterocycles. The molecule has 0 aromatic carbocycles. The first-order valence-corrected chi connectivity index (χ1v) is 34.3. The number of allylic oxidation sites excluding steroid dienone is 19. The summed E-state index contributed by atoms with van der Waals surface area (Å²) >= 11 is 0. The lowest BCUT2D eigenvalue weighted by Gasteiger charge is -2.30. The van der Waals surface area contributed by atoms with E-state index in [0.29, 0.717) is 23.9 Å². The molecule has 0 saturated carbocycles. The second-order valence-electron chi connectivity index (χ2n) is 22.9. The Bertz CT molecular complexity index is 1800. The predicted octanol–water partition coefficient (Wildman–Crippen LogP) is 20.0. The van der Waals surface area contributed by atoms with Gasteiger partial charge in [0.2, 0.25) is 5.91 Å². The zero-order chi connectivity index (χ0) is 59.3. The molecule has 0 rings (SSSR count). The summed E-state index contributed by atoms with van der Waals surface area (Å²) in [4.78, 5) is 40.1. The monoisotopic (exact) mass is 1150 g/mol. The lowest BCUT2D eigenvalue weighted by molar-refractivity contribution is -0.870. The summed E-state index contributed by atoms with van der Waals surface area (Å²) in [7, 11) is 1.16. The molecule has 0 aromatic rings. The van der Waals surface area contributed by atoms with E-state index in [-0.39, 0.29) is 24.9 Å². The molecule has 81 heavy (non-hydrogen) atoms. The van der Waals surface area contributed by atoms with Crippen molar-refractivity contribution in [2.45, 2.75) is 277 Å². The van der Waals surface area contributed by atoms with Crippen LogP contribution in [0.1, 0.15) is 265 Å². The number of phosphoric acid groups is 1. The maximum atomic E-state index is 13.5. The zero-order valence-corrected chi connectivity index (χ0v) is 53.8. The highest BCUT2D eigenvalue weighted by Gasteiger charge is 2.27. The molecule has 0 radical (unpaired) electrons. The molecule has 0 heterocycles. The molecule has 1 N–H and O–H groups in total. The van der Waals surface area contributed by atoms with Crippen molar-refractivity contribution in [3.63, 3.8) is 0 Å². The largest absolute Gasteiger partial charge is 0.756 e. The van der Waals surface area contributed by atoms with Gasteiger partial charge in [0.05, 0.1) is 33.8 Å². The number of rotatable bonds is 58. The number of esters is 1. The third-order valence-corrected chi connectivity index (χ3v) is 14.9. The summed E-state index contributed by atoms with van der Waals surface area (Å²) in [5.41, 5.74) is 0. The third kappa shape index (κ3) is 60.8. The third-order valence-electron chi connectivity index (χ3n) is 13.9. The molecule has 0 spiro atoms. The van der Waals surface area contributed by atoms with Gasteiger partial charge in [-0.25, -0.2) is 0 Å². The number of hydrogen-bond acceptors (Lipinski definition) is 7. The Labute approximate surface area is 499 Å². The molecule has 9 nitrogen and oxygen atoms in total. The Morgan fingerprint density at radius 2 is 0.852 bits per heavy atom. The van der Waals surface area contributed by atoms with Crippen LogP contribution in [0.3, 0.4) is 0 Å². The van der Waals surface area contributed by atoms with Crippen molar-refractivity contribution >= 4 is 19.7 Å². The van der Waals surface area contributed by atoms with Crippen LogP contribution in [0, 0.1) is 0 Å². The van der Waals surface area contributed by atoms with Gasteiger partial charge in [0.1, 0.15) is 19.3 Å². The van der Waals surface area contributed by atoms with Crippen molar-refractivity contribution in [3.05, 3.63) is 122 Å². The van der Waals surface area contributed by atoms with E-state index in [4.69, 9.17) is 13.8 Å². The summed E-state index contributed by atoms with van der Waals surface area (Å²) in [6, 6.07) is -0.906. The van der Waals surface area contributed by atoms with Gasteiger partial charge in [-0.15, -0.1) is 0 Å². The van der Waals surface area contributed by atoms with Crippen LogP contribution >= 0.6 is 7.82 Å². The van der Waals surface area contributed by atoms with E-state index in [1.165, 1.54) is 103 Å². The molecule has 10 heteroatoms. The Kier molecular flexibility index (Phi) is 56.9. The lowest BCUT2D eigenvalue weighted by atomic mass is 10.0. The summed E-state index contributed by atoms with van der Waals surface area (Å²) in [5, 5.41) is 3.02. The normalized spacial score (nSPS) is 14.4. The van der Waals surface area contributed by atoms with Crippen LogP contribution in [0.25, 0.3) is 0 Å². The van der Waals surface area contributed by atoms with Crippen LogP contribution < -0.4 is 10.2 Å². The minimum atomic E-state index is -4.71. The molecule has 0 aromatic heterocycles. The van der Waals surface area contributed by atoms with E-state index in [9.17, 15) is 19.0 Å². The van der Waals surface area contributed by atoms with E-state index in [2.05, 4.69) is 135 Å². The van der Waals surface area contributed by atoms with Crippen LogP contribution in [0.5, 0.6) is 0 Å². The standard InChI is InChI=1S/C71H123N2O7P/c1-7-10-13-16-19-22-25-28-30-31-32-33-34-35-36-37-38-39-40-41-43-46-49-52-55-58-61-64-71(75)80-69(62-59-56-53-50-47-44-27-24-21-18-15-12-9-3)68(67-79-81(76,77)78-66-65-73(4,5)6)72-70(74)63-60-57-54-51-48-45-42-29-26-23-20-17-14-11-8-2/h10-11,13-14,17,19-20,22-23,26,28,30,32-33,35-36,38-39,59,62,68-69H,7-9,12,15-16,18,21,24-25,27,29,31,34,37,40-58,60-61,63-67H2,1-6H3,(H-,72,74,76,77)/b13-10-,14-11+,20-17+,22-19-,26-23+,30-28-,33-32-,36-35-,39-38-,62-59-. The van der Waals surface area contributed by atoms with Gasteiger partial charge in [-0.05, 0) is 102 Å². The maximum Gasteiger partial charge on any atom is 0.306 e. The Balaban J connectivity index is 5.17. The van der Waals surface area contributed by atoms with E-state index in [0.717, 1.165) is 122 Å². The number of nitrogens with zero attached hydrogens (tertiary/aromatic N) is 1.